The second-order valence-corrected chi connectivity index (χ2v) is 13.3. The van der Waals surface area contributed by atoms with Crippen molar-refractivity contribution < 1.29 is 39.9 Å². The molecule has 226 valence electrons. The molecule has 14 heteroatoms. The van der Waals surface area contributed by atoms with Gasteiger partial charge in [-0.1, -0.05) is 42.5 Å². The van der Waals surface area contributed by atoms with Crippen LogP contribution < -0.4 is 4.74 Å². The minimum absolute atomic E-state index is 0.0210. The molecule has 0 aliphatic rings. The molecule has 6 aromatic rings. The molecule has 1 atom stereocenters. The van der Waals surface area contributed by atoms with Crippen molar-refractivity contribution in [2.45, 2.75) is 22.1 Å². The molecule has 0 aliphatic heterocycles. The number of alkyl halides is 3. The van der Waals surface area contributed by atoms with Crippen LogP contribution in [-0.4, -0.2) is 42.0 Å². The number of methoxy groups -OCH3 is 1. The van der Waals surface area contributed by atoms with Crippen LogP contribution in [0.4, 0.5) is 13.2 Å². The van der Waals surface area contributed by atoms with Gasteiger partial charge >= 0.3 is 6.18 Å². The SMILES string of the molecule is COc1ccc2c(c1)cc(C(O)c1ccc3c(c1)nc(C(F)(F)F)n3S(=O)(=O)c1ccccc1)n2S(=O)(=O)c1ccccc1. The normalized spacial score (nSPS) is 13.4. The summed E-state index contributed by atoms with van der Waals surface area (Å²) in [6, 6.07) is 23.7. The van der Waals surface area contributed by atoms with Crippen molar-refractivity contribution in [1.29, 1.82) is 0 Å². The highest BCUT2D eigenvalue weighted by Gasteiger charge is 2.41. The Balaban J connectivity index is 1.55. The van der Waals surface area contributed by atoms with Crippen LogP contribution in [0.2, 0.25) is 0 Å². The maximum atomic E-state index is 14.1. The maximum Gasteiger partial charge on any atom is 0.450 e. The average Bonchev–Trinajstić information content (AvgIpc) is 3.61. The number of benzene rings is 4. The molecule has 44 heavy (non-hydrogen) atoms. The van der Waals surface area contributed by atoms with Gasteiger partial charge in [0.25, 0.3) is 20.0 Å². The van der Waals surface area contributed by atoms with Crippen LogP contribution in [0.3, 0.4) is 0 Å². The Morgan fingerprint density at radius 2 is 1.32 bits per heavy atom. The van der Waals surface area contributed by atoms with E-state index in [4.69, 9.17) is 4.74 Å². The smallest absolute Gasteiger partial charge is 0.450 e. The molecule has 0 bridgehead atoms. The van der Waals surface area contributed by atoms with Crippen molar-refractivity contribution in [2.75, 3.05) is 7.11 Å². The van der Waals surface area contributed by atoms with E-state index in [-0.39, 0.29) is 41.6 Å². The van der Waals surface area contributed by atoms with Crippen LogP contribution in [0, 0.1) is 0 Å². The highest BCUT2D eigenvalue weighted by atomic mass is 32.2. The summed E-state index contributed by atoms with van der Waals surface area (Å²) in [5.74, 6) is -1.24. The fraction of sp³-hybridized carbons (Fsp3) is 0.100. The topological polar surface area (TPSA) is 120 Å². The molecule has 0 saturated carbocycles. The largest absolute Gasteiger partial charge is 0.497 e. The molecule has 4 aromatic carbocycles. The molecule has 0 radical (unpaired) electrons. The quantitative estimate of drug-likeness (QED) is 0.242. The highest BCUT2D eigenvalue weighted by molar-refractivity contribution is 7.90. The number of halogens is 3. The number of aliphatic hydroxyl groups excluding tert-OH is 1. The van der Waals surface area contributed by atoms with Gasteiger partial charge in [0.15, 0.2) is 0 Å². The van der Waals surface area contributed by atoms with Gasteiger partial charge in [0.2, 0.25) is 5.82 Å². The lowest BCUT2D eigenvalue weighted by molar-refractivity contribution is -0.145. The Morgan fingerprint density at radius 3 is 1.89 bits per heavy atom. The fourth-order valence-corrected chi connectivity index (χ4v) is 8.07. The summed E-state index contributed by atoms with van der Waals surface area (Å²) >= 11 is 0. The predicted molar refractivity (Wildman–Crippen MR) is 155 cm³/mol. The average molecular weight is 642 g/mol. The van der Waals surface area contributed by atoms with E-state index in [1.54, 1.807) is 30.3 Å². The van der Waals surface area contributed by atoms with Crippen molar-refractivity contribution in [1.82, 2.24) is 12.9 Å². The number of ether oxygens (including phenoxy) is 1. The number of aromatic nitrogens is 3. The van der Waals surface area contributed by atoms with E-state index >= 15 is 0 Å². The summed E-state index contributed by atoms with van der Waals surface area (Å²) in [5, 5.41) is 12.0. The van der Waals surface area contributed by atoms with Gasteiger partial charge in [0.1, 0.15) is 11.9 Å². The van der Waals surface area contributed by atoms with Crippen LogP contribution in [0.15, 0.2) is 113 Å². The van der Waals surface area contributed by atoms with Crippen molar-refractivity contribution in [3.8, 4) is 5.75 Å². The molecule has 0 spiro atoms. The van der Waals surface area contributed by atoms with Gasteiger partial charge in [0.05, 0.1) is 39.1 Å². The number of imidazole rings is 1. The van der Waals surface area contributed by atoms with Gasteiger partial charge in [-0.3, -0.25) is 0 Å². The summed E-state index contributed by atoms with van der Waals surface area (Å²) in [5.41, 5.74) is -0.651. The molecule has 2 aromatic heterocycles. The van der Waals surface area contributed by atoms with E-state index in [2.05, 4.69) is 4.98 Å². The van der Waals surface area contributed by atoms with E-state index < -0.39 is 38.2 Å². The first-order chi connectivity index (χ1) is 20.8. The Labute approximate surface area is 249 Å². The van der Waals surface area contributed by atoms with Gasteiger partial charge < -0.3 is 9.84 Å². The van der Waals surface area contributed by atoms with Crippen molar-refractivity contribution in [3.05, 3.63) is 120 Å². The molecule has 2 heterocycles. The Bertz CT molecular complexity index is 2250. The lowest BCUT2D eigenvalue weighted by Crippen LogP contribution is -2.21. The number of hydrogen-bond acceptors (Lipinski definition) is 7. The van der Waals surface area contributed by atoms with Crippen molar-refractivity contribution in [2.24, 2.45) is 0 Å². The molecule has 1 unspecified atom stereocenters. The maximum absolute atomic E-state index is 14.1. The van der Waals surface area contributed by atoms with E-state index in [1.807, 2.05) is 0 Å². The van der Waals surface area contributed by atoms with Gasteiger partial charge in [-0.05, 0) is 66.2 Å². The second kappa shape index (κ2) is 10.5. The zero-order valence-corrected chi connectivity index (χ0v) is 24.3. The van der Waals surface area contributed by atoms with E-state index in [1.165, 1.54) is 67.8 Å². The molecule has 0 amide bonds. The number of nitrogens with zero attached hydrogens (tertiary/aromatic N) is 3. The van der Waals surface area contributed by atoms with Gasteiger partial charge in [-0.2, -0.15) is 13.2 Å². The third kappa shape index (κ3) is 4.80. The Kier molecular flexibility index (Phi) is 7.02. The molecular formula is C30H22F3N3O6S2. The first kappa shape index (κ1) is 29.4. The predicted octanol–water partition coefficient (Wildman–Crippen LogP) is 5.57. The molecule has 1 N–H and O–H groups in total. The lowest BCUT2D eigenvalue weighted by atomic mass is 10.1. The number of hydrogen-bond donors (Lipinski definition) is 1. The standard InChI is InChI=1S/C30H22F3N3O6S2/c1-42-21-13-15-25-20(16-21)18-27(35(25)43(38,39)22-8-4-2-5-9-22)28(37)19-12-14-26-24(17-19)34-29(30(31,32)33)36(26)44(40,41)23-10-6-3-7-11-23/h2-18,28,37H,1H3. The zero-order chi connectivity index (χ0) is 31.4. The third-order valence-electron chi connectivity index (χ3n) is 7.04. The molecule has 0 aliphatic carbocycles. The first-order valence-electron chi connectivity index (χ1n) is 12.9. The Hall–Kier alpha value is -4.66. The van der Waals surface area contributed by atoms with Crippen LogP contribution in [0.5, 0.6) is 5.75 Å². The summed E-state index contributed by atoms with van der Waals surface area (Å²) in [6.45, 7) is 0. The number of aliphatic hydroxyl groups is 1. The van der Waals surface area contributed by atoms with Crippen LogP contribution >= 0.6 is 0 Å². The van der Waals surface area contributed by atoms with Gasteiger partial charge in [0, 0.05) is 5.39 Å². The highest BCUT2D eigenvalue weighted by Crippen LogP contribution is 2.37. The van der Waals surface area contributed by atoms with E-state index in [0.29, 0.717) is 11.1 Å². The minimum Gasteiger partial charge on any atom is -0.497 e. The molecule has 0 saturated heterocycles. The lowest BCUT2D eigenvalue weighted by Gasteiger charge is -2.17. The number of fused-ring (bicyclic) bond motifs is 2. The first-order valence-corrected chi connectivity index (χ1v) is 15.8. The van der Waals surface area contributed by atoms with Crippen LogP contribution in [0.25, 0.3) is 21.9 Å². The Morgan fingerprint density at radius 1 is 0.750 bits per heavy atom. The van der Waals surface area contributed by atoms with Crippen molar-refractivity contribution in [3.63, 3.8) is 0 Å². The van der Waals surface area contributed by atoms with Crippen LogP contribution in [-0.2, 0) is 26.2 Å². The number of rotatable bonds is 7. The summed E-state index contributed by atoms with van der Waals surface area (Å²) < 4.78 is 103. The monoisotopic (exact) mass is 641 g/mol. The second-order valence-electron chi connectivity index (χ2n) is 9.74. The zero-order valence-electron chi connectivity index (χ0n) is 22.7. The molecular weight excluding hydrogens is 619 g/mol. The third-order valence-corrected chi connectivity index (χ3v) is 10.5. The van der Waals surface area contributed by atoms with Crippen LogP contribution in [0.1, 0.15) is 23.2 Å². The summed E-state index contributed by atoms with van der Waals surface area (Å²) in [6.07, 6.45) is -6.82. The minimum atomic E-state index is -5.14. The summed E-state index contributed by atoms with van der Waals surface area (Å²) in [7, 11) is -7.56. The van der Waals surface area contributed by atoms with Crippen molar-refractivity contribution >= 4 is 42.0 Å². The van der Waals surface area contributed by atoms with E-state index in [0.717, 1.165) is 16.1 Å². The molecule has 9 nitrogen and oxygen atoms in total. The fourth-order valence-electron chi connectivity index (χ4n) is 5.01. The molecule has 6 rings (SSSR count). The van der Waals surface area contributed by atoms with E-state index in [9.17, 15) is 35.1 Å². The molecule has 0 fully saturated rings. The summed E-state index contributed by atoms with van der Waals surface area (Å²) in [4.78, 5) is 3.17. The van der Waals surface area contributed by atoms with Gasteiger partial charge in [-0.25, -0.2) is 29.8 Å². The van der Waals surface area contributed by atoms with Gasteiger partial charge in [-0.15, -0.1) is 0 Å².